The van der Waals surface area contributed by atoms with E-state index >= 15 is 0 Å². The SMILES string of the molecule is CCCC(=Nc1ccc(N)cc1)C1=C(O)CC(c2ccccc2)CC1=O. The van der Waals surface area contributed by atoms with Crippen molar-refractivity contribution in [2.75, 3.05) is 5.73 Å². The van der Waals surface area contributed by atoms with E-state index in [4.69, 9.17) is 5.73 Å². The Morgan fingerprint density at radius 1 is 1.12 bits per heavy atom. The normalized spacial score (nSPS) is 18.3. The standard InChI is InChI=1S/C22H24N2O2/c1-2-6-19(24-18-11-9-17(23)10-12-18)22-20(25)13-16(14-21(22)26)15-7-4-3-5-8-15/h3-5,7-12,16,25H,2,6,13-14,23H2,1H3. The van der Waals surface area contributed by atoms with Crippen molar-refractivity contribution in [1.29, 1.82) is 0 Å². The maximum Gasteiger partial charge on any atom is 0.168 e. The molecule has 0 spiro atoms. The van der Waals surface area contributed by atoms with E-state index in [1.54, 1.807) is 12.1 Å². The molecule has 0 saturated carbocycles. The van der Waals surface area contributed by atoms with Gasteiger partial charge in [-0.25, -0.2) is 0 Å². The number of hydrogen-bond acceptors (Lipinski definition) is 4. The van der Waals surface area contributed by atoms with E-state index in [9.17, 15) is 9.90 Å². The van der Waals surface area contributed by atoms with Gasteiger partial charge >= 0.3 is 0 Å². The van der Waals surface area contributed by atoms with Gasteiger partial charge < -0.3 is 10.8 Å². The lowest BCUT2D eigenvalue weighted by atomic mass is 9.81. The maximum atomic E-state index is 12.8. The van der Waals surface area contributed by atoms with Crippen molar-refractivity contribution in [2.24, 2.45) is 4.99 Å². The third-order valence-electron chi connectivity index (χ3n) is 4.64. The van der Waals surface area contributed by atoms with E-state index in [0.717, 1.165) is 17.7 Å². The van der Waals surface area contributed by atoms with Crippen LogP contribution < -0.4 is 5.73 Å². The van der Waals surface area contributed by atoms with E-state index in [1.807, 2.05) is 49.4 Å². The van der Waals surface area contributed by atoms with Gasteiger partial charge in [0.05, 0.1) is 17.0 Å². The van der Waals surface area contributed by atoms with Crippen molar-refractivity contribution >= 4 is 22.9 Å². The first-order chi connectivity index (χ1) is 12.6. The molecular formula is C22H24N2O2. The minimum atomic E-state index is -0.0368. The molecule has 3 N–H and O–H groups in total. The summed E-state index contributed by atoms with van der Waals surface area (Å²) in [6.45, 7) is 2.04. The Bertz CT molecular complexity index is 836. The second-order valence-corrected chi connectivity index (χ2v) is 6.66. The number of aliphatic hydroxyl groups is 1. The fraction of sp³-hybridized carbons (Fsp3) is 0.273. The molecule has 1 unspecified atom stereocenters. The molecule has 0 aliphatic heterocycles. The number of carbonyl (C=O) groups excluding carboxylic acids is 1. The third kappa shape index (κ3) is 4.02. The Morgan fingerprint density at radius 3 is 2.42 bits per heavy atom. The predicted molar refractivity (Wildman–Crippen MR) is 106 cm³/mol. The Kier molecular flexibility index (Phi) is 5.52. The summed E-state index contributed by atoms with van der Waals surface area (Å²) < 4.78 is 0. The van der Waals surface area contributed by atoms with Gasteiger partial charge in [0.2, 0.25) is 0 Å². The number of carbonyl (C=O) groups is 1. The fourth-order valence-electron chi connectivity index (χ4n) is 3.36. The molecule has 1 aliphatic carbocycles. The molecule has 4 heteroatoms. The van der Waals surface area contributed by atoms with Crippen LogP contribution in [0.25, 0.3) is 0 Å². The van der Waals surface area contributed by atoms with Crippen LogP contribution >= 0.6 is 0 Å². The number of aliphatic hydroxyl groups excluding tert-OH is 1. The quantitative estimate of drug-likeness (QED) is 0.583. The van der Waals surface area contributed by atoms with Gasteiger partial charge in [0.1, 0.15) is 5.76 Å². The van der Waals surface area contributed by atoms with Crippen molar-refractivity contribution in [3.05, 3.63) is 71.5 Å². The van der Waals surface area contributed by atoms with Crippen LogP contribution in [0.1, 0.15) is 44.1 Å². The first kappa shape index (κ1) is 17.9. The molecule has 0 amide bonds. The van der Waals surface area contributed by atoms with Gasteiger partial charge in [-0.2, -0.15) is 0 Å². The highest BCUT2D eigenvalue weighted by atomic mass is 16.3. The van der Waals surface area contributed by atoms with Gasteiger partial charge in [0.15, 0.2) is 5.78 Å². The minimum Gasteiger partial charge on any atom is -0.511 e. The number of rotatable bonds is 5. The van der Waals surface area contributed by atoms with E-state index in [2.05, 4.69) is 4.99 Å². The molecule has 0 saturated heterocycles. The van der Waals surface area contributed by atoms with Crippen LogP contribution in [0.2, 0.25) is 0 Å². The van der Waals surface area contributed by atoms with E-state index in [0.29, 0.717) is 36.2 Å². The summed E-state index contributed by atoms with van der Waals surface area (Å²) in [7, 11) is 0. The van der Waals surface area contributed by atoms with E-state index in [-0.39, 0.29) is 17.5 Å². The molecule has 1 atom stereocenters. The highest BCUT2D eigenvalue weighted by Gasteiger charge is 2.31. The molecule has 4 nitrogen and oxygen atoms in total. The molecule has 3 rings (SSSR count). The minimum absolute atomic E-state index is 0.0202. The Labute approximate surface area is 154 Å². The lowest BCUT2D eigenvalue weighted by Gasteiger charge is -2.24. The maximum absolute atomic E-state index is 12.8. The zero-order valence-electron chi connectivity index (χ0n) is 15.0. The molecule has 0 radical (unpaired) electrons. The molecule has 134 valence electrons. The van der Waals surface area contributed by atoms with E-state index < -0.39 is 0 Å². The lowest BCUT2D eigenvalue weighted by molar-refractivity contribution is -0.116. The average molecular weight is 348 g/mol. The predicted octanol–water partition coefficient (Wildman–Crippen LogP) is 5.10. The summed E-state index contributed by atoms with van der Waals surface area (Å²) >= 11 is 0. The van der Waals surface area contributed by atoms with Gasteiger partial charge in [0.25, 0.3) is 0 Å². The Hall–Kier alpha value is -2.88. The number of anilines is 1. The van der Waals surface area contributed by atoms with Crippen molar-refractivity contribution < 1.29 is 9.90 Å². The molecule has 26 heavy (non-hydrogen) atoms. The zero-order chi connectivity index (χ0) is 18.5. The third-order valence-corrected chi connectivity index (χ3v) is 4.64. The molecule has 0 bridgehead atoms. The molecule has 2 aromatic rings. The highest BCUT2D eigenvalue weighted by molar-refractivity contribution is 6.23. The number of allylic oxidation sites excluding steroid dienone is 2. The summed E-state index contributed by atoms with van der Waals surface area (Å²) in [4.78, 5) is 17.5. The second kappa shape index (κ2) is 8.00. The van der Waals surface area contributed by atoms with Crippen LogP contribution in [0, 0.1) is 0 Å². The molecular weight excluding hydrogens is 324 g/mol. The van der Waals surface area contributed by atoms with Crippen molar-refractivity contribution in [3.8, 4) is 0 Å². The van der Waals surface area contributed by atoms with Crippen LogP contribution in [-0.2, 0) is 4.79 Å². The van der Waals surface area contributed by atoms with Crippen LogP contribution in [0.5, 0.6) is 0 Å². The highest BCUT2D eigenvalue weighted by Crippen LogP contribution is 2.35. The number of aliphatic imine (C=N–C) groups is 1. The number of nitrogen functional groups attached to an aromatic ring is 1. The fourth-order valence-corrected chi connectivity index (χ4v) is 3.36. The Balaban J connectivity index is 1.93. The summed E-state index contributed by atoms with van der Waals surface area (Å²) in [5.41, 5.74) is 9.27. The smallest absolute Gasteiger partial charge is 0.168 e. The van der Waals surface area contributed by atoms with Crippen LogP contribution in [0.15, 0.2) is 70.9 Å². The number of nitrogens with zero attached hydrogens (tertiary/aromatic N) is 1. The Morgan fingerprint density at radius 2 is 1.81 bits per heavy atom. The monoisotopic (exact) mass is 348 g/mol. The molecule has 0 fully saturated rings. The lowest BCUT2D eigenvalue weighted by Crippen LogP contribution is -2.23. The summed E-state index contributed by atoms with van der Waals surface area (Å²) in [5, 5.41) is 10.6. The van der Waals surface area contributed by atoms with Crippen LogP contribution in [0.4, 0.5) is 11.4 Å². The first-order valence-electron chi connectivity index (χ1n) is 9.02. The number of Topliss-reactive ketones (excluding diaryl/α,β-unsaturated/α-hetero) is 1. The molecule has 0 heterocycles. The van der Waals surface area contributed by atoms with Gasteiger partial charge in [0, 0.05) is 18.5 Å². The topological polar surface area (TPSA) is 75.7 Å². The van der Waals surface area contributed by atoms with Gasteiger partial charge in [-0.05, 0) is 42.2 Å². The largest absolute Gasteiger partial charge is 0.511 e. The number of benzene rings is 2. The zero-order valence-corrected chi connectivity index (χ0v) is 15.0. The molecule has 0 aromatic heterocycles. The number of nitrogens with two attached hydrogens (primary N) is 1. The van der Waals surface area contributed by atoms with Crippen molar-refractivity contribution in [3.63, 3.8) is 0 Å². The average Bonchev–Trinajstić information content (AvgIpc) is 2.64. The summed E-state index contributed by atoms with van der Waals surface area (Å²) in [6, 6.07) is 17.1. The van der Waals surface area contributed by atoms with Crippen LogP contribution in [-0.4, -0.2) is 16.6 Å². The first-order valence-corrected chi connectivity index (χ1v) is 9.02. The van der Waals surface area contributed by atoms with Gasteiger partial charge in [-0.1, -0.05) is 43.7 Å². The van der Waals surface area contributed by atoms with Crippen LogP contribution in [0.3, 0.4) is 0 Å². The van der Waals surface area contributed by atoms with Crippen molar-refractivity contribution in [1.82, 2.24) is 0 Å². The molecule has 1 aliphatic rings. The van der Waals surface area contributed by atoms with E-state index in [1.165, 1.54) is 0 Å². The number of hydrogen-bond donors (Lipinski definition) is 2. The second-order valence-electron chi connectivity index (χ2n) is 6.66. The summed E-state index contributed by atoms with van der Waals surface area (Å²) in [5.74, 6) is 0.134. The molecule has 2 aromatic carbocycles. The van der Waals surface area contributed by atoms with Gasteiger partial charge in [-0.15, -0.1) is 0 Å². The van der Waals surface area contributed by atoms with Gasteiger partial charge in [-0.3, -0.25) is 9.79 Å². The number of ketones is 1. The summed E-state index contributed by atoms with van der Waals surface area (Å²) in [6.07, 6.45) is 2.36. The van der Waals surface area contributed by atoms with Crippen molar-refractivity contribution in [2.45, 2.75) is 38.5 Å².